The number of furan rings is 1. The highest BCUT2D eigenvalue weighted by molar-refractivity contribution is 5.77. The molecule has 1 amide bonds. The first-order chi connectivity index (χ1) is 7.22. The largest absolute Gasteiger partial charge is 0.467 e. The number of nitrogens with zero attached hydrogens (tertiary/aromatic N) is 1. The zero-order valence-electron chi connectivity index (χ0n) is 8.77. The Labute approximate surface area is 88.7 Å². The Kier molecular flexibility index (Phi) is 4.86. The molecule has 0 saturated carbocycles. The molecule has 0 aliphatic carbocycles. The summed E-state index contributed by atoms with van der Waals surface area (Å²) in [5, 5.41) is 11.4. The van der Waals surface area contributed by atoms with Crippen LogP contribution >= 0.6 is 0 Å². The Morgan fingerprint density at radius 3 is 3.07 bits per heavy atom. The number of carbonyl (C=O) groups excluding carboxylic acids is 1. The van der Waals surface area contributed by atoms with E-state index in [1.807, 2.05) is 0 Å². The van der Waals surface area contributed by atoms with Crippen LogP contribution in [0.25, 0.3) is 0 Å². The van der Waals surface area contributed by atoms with Gasteiger partial charge < -0.3 is 14.8 Å². The number of rotatable bonds is 6. The summed E-state index contributed by atoms with van der Waals surface area (Å²) in [6.45, 7) is 1.23. The molecule has 0 atom stereocenters. The molecule has 1 aromatic heterocycles. The summed E-state index contributed by atoms with van der Waals surface area (Å²) in [6.07, 6.45) is 1.57. The summed E-state index contributed by atoms with van der Waals surface area (Å²) in [6, 6.07) is 3.58. The molecule has 0 radical (unpaired) electrons. The fraction of sp³-hybridized carbons (Fsp3) is 0.500. The molecule has 5 nitrogen and oxygen atoms in total. The normalized spacial score (nSPS) is 10.6. The quantitative estimate of drug-likeness (QED) is 0.686. The predicted octanol–water partition coefficient (Wildman–Crippen LogP) is -0.180. The molecule has 0 aliphatic heterocycles. The summed E-state index contributed by atoms with van der Waals surface area (Å²) in [7, 11) is 1.78. The van der Waals surface area contributed by atoms with Crippen LogP contribution in [0.15, 0.2) is 22.8 Å². The fourth-order valence-electron chi connectivity index (χ4n) is 1.15. The maximum absolute atomic E-state index is 11.3. The highest BCUT2D eigenvalue weighted by Crippen LogP contribution is 1.98. The number of carbonyl (C=O) groups is 1. The van der Waals surface area contributed by atoms with Crippen LogP contribution in [0.3, 0.4) is 0 Å². The molecule has 15 heavy (non-hydrogen) atoms. The van der Waals surface area contributed by atoms with Gasteiger partial charge in [0.1, 0.15) is 5.76 Å². The van der Waals surface area contributed by atoms with Gasteiger partial charge in [-0.05, 0) is 19.2 Å². The summed E-state index contributed by atoms with van der Waals surface area (Å²) < 4.78 is 5.07. The third-order valence-electron chi connectivity index (χ3n) is 1.94. The Bertz CT molecular complexity index is 285. The highest BCUT2D eigenvalue weighted by Gasteiger charge is 2.05. The number of hydrogen-bond acceptors (Lipinski definition) is 4. The zero-order valence-corrected chi connectivity index (χ0v) is 8.77. The average Bonchev–Trinajstić information content (AvgIpc) is 2.67. The SMILES string of the molecule is CN(CCO)CC(=O)NCc1ccco1. The highest BCUT2D eigenvalue weighted by atomic mass is 16.3. The molecule has 5 heteroatoms. The van der Waals surface area contributed by atoms with Crippen molar-refractivity contribution >= 4 is 5.91 Å². The van der Waals surface area contributed by atoms with Crippen LogP contribution in [0.2, 0.25) is 0 Å². The number of likely N-dealkylation sites (N-methyl/N-ethyl adjacent to an activating group) is 1. The van der Waals surface area contributed by atoms with Crippen LogP contribution in [-0.2, 0) is 11.3 Å². The molecule has 84 valence electrons. The fourth-order valence-corrected chi connectivity index (χ4v) is 1.15. The molecule has 2 N–H and O–H groups in total. The van der Waals surface area contributed by atoms with E-state index in [9.17, 15) is 4.79 Å². The predicted molar refractivity (Wildman–Crippen MR) is 55.1 cm³/mol. The van der Waals surface area contributed by atoms with Crippen LogP contribution in [0, 0.1) is 0 Å². The number of aliphatic hydroxyl groups excluding tert-OH is 1. The molecule has 0 fully saturated rings. The molecule has 1 heterocycles. The monoisotopic (exact) mass is 212 g/mol. The van der Waals surface area contributed by atoms with Crippen molar-refractivity contribution in [3.63, 3.8) is 0 Å². The molecule has 0 spiro atoms. The lowest BCUT2D eigenvalue weighted by atomic mass is 10.4. The lowest BCUT2D eigenvalue weighted by Crippen LogP contribution is -2.35. The van der Waals surface area contributed by atoms with Gasteiger partial charge in [0.05, 0.1) is 26.0 Å². The third-order valence-corrected chi connectivity index (χ3v) is 1.94. The van der Waals surface area contributed by atoms with Gasteiger partial charge in [-0.3, -0.25) is 9.69 Å². The molecule has 0 bridgehead atoms. The van der Waals surface area contributed by atoms with Gasteiger partial charge >= 0.3 is 0 Å². The summed E-state index contributed by atoms with van der Waals surface area (Å²) in [5.74, 6) is 0.649. The molecule has 0 aliphatic rings. The van der Waals surface area contributed by atoms with E-state index in [4.69, 9.17) is 9.52 Å². The van der Waals surface area contributed by atoms with Crippen LogP contribution in [0.4, 0.5) is 0 Å². The average molecular weight is 212 g/mol. The van der Waals surface area contributed by atoms with E-state index in [2.05, 4.69) is 5.32 Å². The molecule has 0 aromatic carbocycles. The van der Waals surface area contributed by atoms with Crippen LogP contribution in [0.5, 0.6) is 0 Å². The molecule has 1 rings (SSSR count). The van der Waals surface area contributed by atoms with E-state index < -0.39 is 0 Å². The van der Waals surface area contributed by atoms with Gasteiger partial charge in [0, 0.05) is 6.54 Å². The minimum atomic E-state index is -0.0812. The first-order valence-corrected chi connectivity index (χ1v) is 4.81. The minimum absolute atomic E-state index is 0.0575. The van der Waals surface area contributed by atoms with Gasteiger partial charge in [-0.1, -0.05) is 0 Å². The second-order valence-electron chi connectivity index (χ2n) is 3.32. The molecule has 0 saturated heterocycles. The van der Waals surface area contributed by atoms with Crippen molar-refractivity contribution in [3.05, 3.63) is 24.2 Å². The second kappa shape index (κ2) is 6.21. The van der Waals surface area contributed by atoms with E-state index in [1.54, 1.807) is 30.3 Å². The maximum atomic E-state index is 11.3. The Morgan fingerprint density at radius 1 is 1.67 bits per heavy atom. The van der Waals surface area contributed by atoms with Crippen molar-refractivity contribution in [3.8, 4) is 0 Å². The molecular weight excluding hydrogens is 196 g/mol. The smallest absolute Gasteiger partial charge is 0.234 e. The first kappa shape index (κ1) is 11.7. The van der Waals surface area contributed by atoms with E-state index in [0.717, 1.165) is 5.76 Å². The Morgan fingerprint density at radius 2 is 2.47 bits per heavy atom. The van der Waals surface area contributed by atoms with Gasteiger partial charge in [-0.15, -0.1) is 0 Å². The number of amides is 1. The van der Waals surface area contributed by atoms with E-state index >= 15 is 0 Å². The van der Waals surface area contributed by atoms with Gasteiger partial charge in [0.25, 0.3) is 0 Å². The zero-order chi connectivity index (χ0) is 11.1. The van der Waals surface area contributed by atoms with Crippen molar-refractivity contribution in [2.45, 2.75) is 6.54 Å². The van der Waals surface area contributed by atoms with Gasteiger partial charge in [0.2, 0.25) is 5.91 Å². The Hall–Kier alpha value is -1.33. The maximum Gasteiger partial charge on any atom is 0.234 e. The third kappa shape index (κ3) is 4.62. The second-order valence-corrected chi connectivity index (χ2v) is 3.32. The van der Waals surface area contributed by atoms with Crippen molar-refractivity contribution < 1.29 is 14.3 Å². The first-order valence-electron chi connectivity index (χ1n) is 4.81. The van der Waals surface area contributed by atoms with Crippen molar-refractivity contribution in [2.24, 2.45) is 0 Å². The Balaban J connectivity index is 2.19. The van der Waals surface area contributed by atoms with Crippen LogP contribution < -0.4 is 5.32 Å². The number of nitrogens with one attached hydrogen (secondary N) is 1. The summed E-state index contributed by atoms with van der Waals surface area (Å²) in [5.41, 5.74) is 0. The molecular formula is C10H16N2O3. The van der Waals surface area contributed by atoms with Gasteiger partial charge in [-0.2, -0.15) is 0 Å². The van der Waals surface area contributed by atoms with E-state index in [-0.39, 0.29) is 19.1 Å². The number of hydrogen-bond donors (Lipinski definition) is 2. The van der Waals surface area contributed by atoms with E-state index in [0.29, 0.717) is 13.1 Å². The van der Waals surface area contributed by atoms with Crippen molar-refractivity contribution in [2.75, 3.05) is 26.7 Å². The summed E-state index contributed by atoms with van der Waals surface area (Å²) >= 11 is 0. The minimum Gasteiger partial charge on any atom is -0.467 e. The van der Waals surface area contributed by atoms with Gasteiger partial charge in [0.15, 0.2) is 0 Å². The van der Waals surface area contributed by atoms with E-state index in [1.165, 1.54) is 0 Å². The molecule has 1 aromatic rings. The standard InChI is InChI=1S/C10H16N2O3/c1-12(4-5-13)8-10(14)11-7-9-3-2-6-15-9/h2-3,6,13H,4-5,7-8H2,1H3,(H,11,14). The van der Waals surface area contributed by atoms with Crippen LogP contribution in [-0.4, -0.2) is 42.7 Å². The lowest BCUT2D eigenvalue weighted by molar-refractivity contribution is -0.122. The van der Waals surface area contributed by atoms with Crippen molar-refractivity contribution in [1.82, 2.24) is 10.2 Å². The molecule has 0 unspecified atom stereocenters. The summed E-state index contributed by atoms with van der Waals surface area (Å²) in [4.78, 5) is 13.1. The number of aliphatic hydroxyl groups is 1. The van der Waals surface area contributed by atoms with Crippen LogP contribution in [0.1, 0.15) is 5.76 Å². The van der Waals surface area contributed by atoms with Gasteiger partial charge in [-0.25, -0.2) is 0 Å². The topological polar surface area (TPSA) is 65.7 Å². The lowest BCUT2D eigenvalue weighted by Gasteiger charge is -2.13. The van der Waals surface area contributed by atoms with Crippen molar-refractivity contribution in [1.29, 1.82) is 0 Å².